The minimum Gasteiger partial charge on any atom is -0.378 e. The Balaban J connectivity index is 2.02. The summed E-state index contributed by atoms with van der Waals surface area (Å²) in [4.78, 5) is 0. The Hall–Kier alpha value is -0.0800. The van der Waals surface area contributed by atoms with Gasteiger partial charge in [-0.1, -0.05) is 13.8 Å². The van der Waals surface area contributed by atoms with Crippen LogP contribution in [0, 0.1) is 11.8 Å². The van der Waals surface area contributed by atoms with Gasteiger partial charge in [0.25, 0.3) is 0 Å². The summed E-state index contributed by atoms with van der Waals surface area (Å²) in [7, 11) is 0. The summed E-state index contributed by atoms with van der Waals surface area (Å²) in [5.74, 6) is 1.49. The maximum atomic E-state index is 5.78. The molecular weight excluding hydrogens is 174 g/mol. The molecule has 1 N–H and O–H groups in total. The number of ether oxygens (including phenoxy) is 1. The minimum absolute atomic E-state index is 0.409. The van der Waals surface area contributed by atoms with Crippen molar-refractivity contribution in [2.24, 2.45) is 11.8 Å². The molecule has 1 aliphatic rings. The molecule has 1 rings (SSSR count). The van der Waals surface area contributed by atoms with Gasteiger partial charge < -0.3 is 10.1 Å². The van der Waals surface area contributed by atoms with Gasteiger partial charge in [0.05, 0.1) is 6.10 Å². The molecule has 2 unspecified atom stereocenters. The van der Waals surface area contributed by atoms with Gasteiger partial charge in [-0.05, 0) is 51.1 Å². The largest absolute Gasteiger partial charge is 0.378 e. The van der Waals surface area contributed by atoms with Crippen molar-refractivity contribution >= 4 is 0 Å². The van der Waals surface area contributed by atoms with E-state index >= 15 is 0 Å². The minimum atomic E-state index is 0.409. The molecule has 0 aromatic carbocycles. The van der Waals surface area contributed by atoms with E-state index in [4.69, 9.17) is 4.74 Å². The Kier molecular flexibility index (Phi) is 5.49. The highest BCUT2D eigenvalue weighted by molar-refractivity contribution is 4.68. The number of hydrogen-bond donors (Lipinski definition) is 1. The lowest BCUT2D eigenvalue weighted by Crippen LogP contribution is -2.30. The van der Waals surface area contributed by atoms with Crippen molar-refractivity contribution < 1.29 is 4.74 Å². The van der Waals surface area contributed by atoms with Gasteiger partial charge in [-0.25, -0.2) is 0 Å². The highest BCUT2D eigenvalue weighted by atomic mass is 16.5. The molecular formula is C12H25NO. The molecule has 1 saturated heterocycles. The Labute approximate surface area is 88.4 Å². The van der Waals surface area contributed by atoms with Crippen LogP contribution in [0.4, 0.5) is 0 Å². The van der Waals surface area contributed by atoms with Gasteiger partial charge >= 0.3 is 0 Å². The Bertz CT molecular complexity index is 141. The quantitative estimate of drug-likeness (QED) is 0.734. The van der Waals surface area contributed by atoms with E-state index < -0.39 is 0 Å². The predicted molar refractivity (Wildman–Crippen MR) is 60.5 cm³/mol. The molecule has 0 aliphatic carbocycles. The highest BCUT2D eigenvalue weighted by Crippen LogP contribution is 2.15. The Morgan fingerprint density at radius 1 is 1.36 bits per heavy atom. The first kappa shape index (κ1) is 12.0. The molecule has 0 amide bonds. The topological polar surface area (TPSA) is 21.3 Å². The monoisotopic (exact) mass is 199 g/mol. The standard InChI is InChI=1S/C12H25NO/c1-10(2)11(3)14-8-6-12-5-4-7-13-9-12/h10-13H,4-9H2,1-3H3. The van der Waals surface area contributed by atoms with Crippen molar-refractivity contribution in [3.63, 3.8) is 0 Å². The van der Waals surface area contributed by atoms with Crippen molar-refractivity contribution in [2.75, 3.05) is 19.7 Å². The van der Waals surface area contributed by atoms with Crippen LogP contribution in [-0.4, -0.2) is 25.8 Å². The third kappa shape index (κ3) is 4.43. The van der Waals surface area contributed by atoms with Crippen molar-refractivity contribution in [1.82, 2.24) is 5.32 Å². The number of hydrogen-bond acceptors (Lipinski definition) is 2. The number of nitrogens with one attached hydrogen (secondary N) is 1. The molecule has 2 heteroatoms. The second-order valence-electron chi connectivity index (χ2n) is 4.82. The second kappa shape index (κ2) is 6.41. The van der Waals surface area contributed by atoms with Gasteiger partial charge in [-0.15, -0.1) is 0 Å². The van der Waals surface area contributed by atoms with E-state index in [-0.39, 0.29) is 0 Å². The summed E-state index contributed by atoms with van der Waals surface area (Å²) >= 11 is 0. The fourth-order valence-corrected chi connectivity index (χ4v) is 1.78. The van der Waals surface area contributed by atoms with Gasteiger partial charge in [0.2, 0.25) is 0 Å². The van der Waals surface area contributed by atoms with Crippen molar-refractivity contribution in [2.45, 2.75) is 46.1 Å². The van der Waals surface area contributed by atoms with Gasteiger partial charge in [-0.3, -0.25) is 0 Å². The van der Waals surface area contributed by atoms with Gasteiger partial charge in [-0.2, -0.15) is 0 Å². The van der Waals surface area contributed by atoms with Crippen LogP contribution in [0.2, 0.25) is 0 Å². The van der Waals surface area contributed by atoms with E-state index in [1.165, 1.54) is 32.4 Å². The lowest BCUT2D eigenvalue weighted by molar-refractivity contribution is 0.0263. The van der Waals surface area contributed by atoms with Crippen LogP contribution in [0.3, 0.4) is 0 Å². The lowest BCUT2D eigenvalue weighted by Gasteiger charge is -2.24. The molecule has 14 heavy (non-hydrogen) atoms. The van der Waals surface area contributed by atoms with Crippen LogP contribution in [0.15, 0.2) is 0 Å². The molecule has 2 atom stereocenters. The molecule has 0 aromatic rings. The highest BCUT2D eigenvalue weighted by Gasteiger charge is 2.13. The van der Waals surface area contributed by atoms with Gasteiger partial charge in [0.1, 0.15) is 0 Å². The van der Waals surface area contributed by atoms with E-state index in [2.05, 4.69) is 26.1 Å². The zero-order valence-corrected chi connectivity index (χ0v) is 9.88. The van der Waals surface area contributed by atoms with Crippen LogP contribution in [-0.2, 0) is 4.74 Å². The molecule has 0 radical (unpaired) electrons. The average molecular weight is 199 g/mol. The third-order valence-corrected chi connectivity index (χ3v) is 3.24. The van der Waals surface area contributed by atoms with Crippen molar-refractivity contribution in [1.29, 1.82) is 0 Å². The van der Waals surface area contributed by atoms with E-state index in [0.717, 1.165) is 12.5 Å². The summed E-state index contributed by atoms with van der Waals surface area (Å²) in [6.07, 6.45) is 4.35. The smallest absolute Gasteiger partial charge is 0.0569 e. The normalized spacial score (nSPS) is 25.3. The van der Waals surface area contributed by atoms with E-state index in [1.807, 2.05) is 0 Å². The summed E-state index contributed by atoms with van der Waals surface area (Å²) < 4.78 is 5.78. The zero-order chi connectivity index (χ0) is 10.4. The SMILES string of the molecule is CC(C)C(C)OCCC1CCCNC1. The zero-order valence-electron chi connectivity index (χ0n) is 9.88. The van der Waals surface area contributed by atoms with Crippen LogP contribution in [0.5, 0.6) is 0 Å². The lowest BCUT2D eigenvalue weighted by atomic mass is 9.97. The maximum Gasteiger partial charge on any atom is 0.0569 e. The van der Waals surface area contributed by atoms with Crippen molar-refractivity contribution in [3.05, 3.63) is 0 Å². The summed E-state index contributed by atoms with van der Waals surface area (Å²) in [5.41, 5.74) is 0. The first-order valence-electron chi connectivity index (χ1n) is 6.02. The predicted octanol–water partition coefficient (Wildman–Crippen LogP) is 2.44. The van der Waals surface area contributed by atoms with E-state index in [9.17, 15) is 0 Å². The first-order valence-corrected chi connectivity index (χ1v) is 6.02. The molecule has 0 saturated carbocycles. The molecule has 1 aliphatic heterocycles. The van der Waals surface area contributed by atoms with Crippen LogP contribution in [0.1, 0.15) is 40.0 Å². The number of rotatable bonds is 5. The molecule has 84 valence electrons. The van der Waals surface area contributed by atoms with E-state index in [1.54, 1.807) is 0 Å². The fraction of sp³-hybridized carbons (Fsp3) is 1.00. The molecule has 1 heterocycles. The molecule has 2 nitrogen and oxygen atoms in total. The average Bonchev–Trinajstić information content (AvgIpc) is 2.19. The maximum absolute atomic E-state index is 5.78. The molecule has 0 aromatic heterocycles. The third-order valence-electron chi connectivity index (χ3n) is 3.24. The van der Waals surface area contributed by atoms with Crippen LogP contribution in [0.25, 0.3) is 0 Å². The Morgan fingerprint density at radius 2 is 2.14 bits per heavy atom. The first-order chi connectivity index (χ1) is 6.70. The molecule has 0 spiro atoms. The summed E-state index contributed by atoms with van der Waals surface area (Å²) in [6.45, 7) is 9.94. The van der Waals surface area contributed by atoms with Crippen LogP contribution >= 0.6 is 0 Å². The van der Waals surface area contributed by atoms with Gasteiger partial charge in [0.15, 0.2) is 0 Å². The second-order valence-corrected chi connectivity index (χ2v) is 4.82. The summed E-state index contributed by atoms with van der Waals surface area (Å²) in [5, 5.41) is 3.44. The van der Waals surface area contributed by atoms with Crippen LogP contribution < -0.4 is 5.32 Å². The summed E-state index contributed by atoms with van der Waals surface area (Å²) in [6, 6.07) is 0. The number of piperidine rings is 1. The molecule has 1 fully saturated rings. The van der Waals surface area contributed by atoms with E-state index in [0.29, 0.717) is 12.0 Å². The fourth-order valence-electron chi connectivity index (χ4n) is 1.78. The molecule has 0 bridgehead atoms. The Morgan fingerprint density at radius 3 is 2.71 bits per heavy atom. The van der Waals surface area contributed by atoms with Crippen molar-refractivity contribution in [3.8, 4) is 0 Å². The van der Waals surface area contributed by atoms with Gasteiger partial charge in [0, 0.05) is 6.61 Å².